The van der Waals surface area contributed by atoms with Gasteiger partial charge in [-0.05, 0) is 63.9 Å². The SMILES string of the molecule is CN1CCC(C2CCCN2c2ccncc2)CC1. The molecule has 0 N–H and O–H groups in total. The largest absolute Gasteiger partial charge is 0.368 e. The monoisotopic (exact) mass is 245 g/mol. The van der Waals surface area contributed by atoms with E-state index in [1.165, 1.54) is 51.0 Å². The predicted octanol–water partition coefficient (Wildman–Crippen LogP) is 2.39. The van der Waals surface area contributed by atoms with Crippen molar-refractivity contribution in [2.24, 2.45) is 5.92 Å². The molecule has 2 saturated heterocycles. The number of anilines is 1. The summed E-state index contributed by atoms with van der Waals surface area (Å²) in [6, 6.07) is 5.08. The van der Waals surface area contributed by atoms with Gasteiger partial charge in [-0.2, -0.15) is 0 Å². The molecule has 18 heavy (non-hydrogen) atoms. The van der Waals surface area contributed by atoms with E-state index in [2.05, 4.69) is 34.0 Å². The Hall–Kier alpha value is -1.09. The highest BCUT2D eigenvalue weighted by Crippen LogP contribution is 2.33. The number of hydrogen-bond acceptors (Lipinski definition) is 3. The molecule has 2 aliphatic heterocycles. The van der Waals surface area contributed by atoms with E-state index in [4.69, 9.17) is 0 Å². The first-order valence-corrected chi connectivity index (χ1v) is 7.20. The lowest BCUT2D eigenvalue weighted by molar-refractivity contribution is 0.199. The topological polar surface area (TPSA) is 19.4 Å². The van der Waals surface area contributed by atoms with Crippen LogP contribution in [0.1, 0.15) is 25.7 Å². The van der Waals surface area contributed by atoms with E-state index in [-0.39, 0.29) is 0 Å². The third kappa shape index (κ3) is 2.37. The lowest BCUT2D eigenvalue weighted by Crippen LogP contribution is -2.41. The Kier molecular flexibility index (Phi) is 3.50. The van der Waals surface area contributed by atoms with Crippen molar-refractivity contribution >= 4 is 5.69 Å². The molecule has 0 aromatic carbocycles. The van der Waals surface area contributed by atoms with E-state index in [0.717, 1.165) is 12.0 Å². The number of nitrogens with zero attached hydrogens (tertiary/aromatic N) is 3. The summed E-state index contributed by atoms with van der Waals surface area (Å²) >= 11 is 0. The van der Waals surface area contributed by atoms with E-state index in [1.54, 1.807) is 0 Å². The van der Waals surface area contributed by atoms with E-state index < -0.39 is 0 Å². The maximum absolute atomic E-state index is 4.13. The van der Waals surface area contributed by atoms with E-state index in [9.17, 15) is 0 Å². The molecule has 0 amide bonds. The summed E-state index contributed by atoms with van der Waals surface area (Å²) in [5.74, 6) is 0.886. The van der Waals surface area contributed by atoms with Crippen LogP contribution in [0.2, 0.25) is 0 Å². The van der Waals surface area contributed by atoms with E-state index >= 15 is 0 Å². The van der Waals surface area contributed by atoms with Crippen LogP contribution < -0.4 is 4.90 Å². The quantitative estimate of drug-likeness (QED) is 0.797. The number of pyridine rings is 1. The Balaban J connectivity index is 1.71. The van der Waals surface area contributed by atoms with Crippen molar-refractivity contribution < 1.29 is 0 Å². The molecule has 3 heterocycles. The summed E-state index contributed by atoms with van der Waals surface area (Å²) in [5, 5.41) is 0. The van der Waals surface area contributed by atoms with Gasteiger partial charge in [0, 0.05) is 30.7 Å². The maximum atomic E-state index is 4.13. The highest BCUT2D eigenvalue weighted by Gasteiger charge is 2.33. The second-order valence-electron chi connectivity index (χ2n) is 5.75. The van der Waals surface area contributed by atoms with Crippen LogP contribution in [0.15, 0.2) is 24.5 Å². The number of aromatic nitrogens is 1. The summed E-state index contributed by atoms with van der Waals surface area (Å²) in [5.41, 5.74) is 1.37. The molecule has 3 heteroatoms. The normalized spacial score (nSPS) is 26.7. The van der Waals surface area contributed by atoms with Crippen LogP contribution in [0.3, 0.4) is 0 Å². The molecule has 2 fully saturated rings. The fourth-order valence-corrected chi connectivity index (χ4v) is 3.55. The van der Waals surface area contributed by atoms with Gasteiger partial charge in [-0.1, -0.05) is 0 Å². The molecular weight excluding hydrogens is 222 g/mol. The summed E-state index contributed by atoms with van der Waals surface area (Å²) < 4.78 is 0. The van der Waals surface area contributed by atoms with Gasteiger partial charge in [-0.25, -0.2) is 0 Å². The first-order chi connectivity index (χ1) is 8.84. The number of piperidine rings is 1. The van der Waals surface area contributed by atoms with Crippen molar-refractivity contribution in [1.82, 2.24) is 9.88 Å². The van der Waals surface area contributed by atoms with Gasteiger partial charge in [-0.15, -0.1) is 0 Å². The van der Waals surface area contributed by atoms with Crippen LogP contribution in [0.4, 0.5) is 5.69 Å². The summed E-state index contributed by atoms with van der Waals surface area (Å²) in [4.78, 5) is 9.21. The van der Waals surface area contributed by atoms with Crippen molar-refractivity contribution in [1.29, 1.82) is 0 Å². The third-order valence-corrected chi connectivity index (χ3v) is 4.60. The molecule has 0 bridgehead atoms. The van der Waals surface area contributed by atoms with Gasteiger partial charge >= 0.3 is 0 Å². The summed E-state index contributed by atoms with van der Waals surface area (Å²) in [6.45, 7) is 3.76. The minimum Gasteiger partial charge on any atom is -0.368 e. The van der Waals surface area contributed by atoms with Crippen LogP contribution in [-0.4, -0.2) is 42.6 Å². The maximum Gasteiger partial charge on any atom is 0.0399 e. The third-order valence-electron chi connectivity index (χ3n) is 4.60. The fourth-order valence-electron chi connectivity index (χ4n) is 3.55. The Morgan fingerprint density at radius 3 is 2.50 bits per heavy atom. The average molecular weight is 245 g/mol. The van der Waals surface area contributed by atoms with Crippen LogP contribution in [0, 0.1) is 5.92 Å². The van der Waals surface area contributed by atoms with Gasteiger partial charge in [0.1, 0.15) is 0 Å². The molecule has 1 unspecified atom stereocenters. The lowest BCUT2D eigenvalue weighted by Gasteiger charge is -2.37. The Bertz CT molecular complexity index is 371. The van der Waals surface area contributed by atoms with Crippen molar-refractivity contribution in [2.45, 2.75) is 31.7 Å². The molecule has 1 aromatic rings. The Morgan fingerprint density at radius 2 is 1.78 bits per heavy atom. The molecule has 98 valence electrons. The molecule has 3 nitrogen and oxygen atoms in total. The predicted molar refractivity (Wildman–Crippen MR) is 74.8 cm³/mol. The van der Waals surface area contributed by atoms with Gasteiger partial charge in [0.15, 0.2) is 0 Å². The van der Waals surface area contributed by atoms with Crippen molar-refractivity contribution in [3.63, 3.8) is 0 Å². The first-order valence-electron chi connectivity index (χ1n) is 7.20. The lowest BCUT2D eigenvalue weighted by atomic mass is 9.88. The highest BCUT2D eigenvalue weighted by atomic mass is 15.2. The minimum atomic E-state index is 0.765. The Labute approximate surface area is 110 Å². The van der Waals surface area contributed by atoms with Crippen LogP contribution >= 0.6 is 0 Å². The first kappa shape index (κ1) is 12.0. The molecular formula is C15H23N3. The second kappa shape index (κ2) is 5.27. The van der Waals surface area contributed by atoms with Gasteiger partial charge in [0.05, 0.1) is 0 Å². The molecule has 0 radical (unpaired) electrons. The molecule has 0 aliphatic carbocycles. The van der Waals surface area contributed by atoms with Crippen molar-refractivity contribution in [2.75, 3.05) is 31.6 Å². The smallest absolute Gasteiger partial charge is 0.0399 e. The van der Waals surface area contributed by atoms with Crippen molar-refractivity contribution in [3.8, 4) is 0 Å². The van der Waals surface area contributed by atoms with Gasteiger partial charge < -0.3 is 9.80 Å². The fraction of sp³-hybridized carbons (Fsp3) is 0.667. The molecule has 2 aliphatic rings. The molecule has 1 atom stereocenters. The minimum absolute atomic E-state index is 0.765. The van der Waals surface area contributed by atoms with Gasteiger partial charge in [-0.3, -0.25) is 4.98 Å². The van der Waals surface area contributed by atoms with Crippen LogP contribution in [-0.2, 0) is 0 Å². The van der Waals surface area contributed by atoms with E-state index in [1.807, 2.05) is 12.4 Å². The van der Waals surface area contributed by atoms with Crippen LogP contribution in [0.5, 0.6) is 0 Å². The van der Waals surface area contributed by atoms with Crippen LogP contribution in [0.25, 0.3) is 0 Å². The average Bonchev–Trinajstić information content (AvgIpc) is 2.90. The number of likely N-dealkylation sites (tertiary alicyclic amines) is 1. The molecule has 0 saturated carbocycles. The van der Waals surface area contributed by atoms with Gasteiger partial charge in [0.25, 0.3) is 0 Å². The van der Waals surface area contributed by atoms with Crippen molar-refractivity contribution in [3.05, 3.63) is 24.5 Å². The zero-order valence-corrected chi connectivity index (χ0v) is 11.3. The second-order valence-corrected chi connectivity index (χ2v) is 5.75. The van der Waals surface area contributed by atoms with Gasteiger partial charge in [0.2, 0.25) is 0 Å². The number of hydrogen-bond donors (Lipinski definition) is 0. The highest BCUT2D eigenvalue weighted by molar-refractivity contribution is 5.47. The van der Waals surface area contributed by atoms with E-state index in [0.29, 0.717) is 0 Å². The Morgan fingerprint density at radius 1 is 1.06 bits per heavy atom. The summed E-state index contributed by atoms with van der Waals surface area (Å²) in [6.07, 6.45) is 9.28. The zero-order valence-electron chi connectivity index (χ0n) is 11.3. The molecule has 3 rings (SSSR count). The summed E-state index contributed by atoms with van der Waals surface area (Å²) in [7, 11) is 2.24. The molecule has 1 aromatic heterocycles. The zero-order chi connectivity index (χ0) is 12.4. The molecule has 0 spiro atoms. The standard InChI is InChI=1S/C15H23N3/c1-17-11-6-13(7-12-17)15-3-2-10-18(15)14-4-8-16-9-5-14/h4-5,8-9,13,15H,2-3,6-7,10-12H2,1H3. The number of rotatable bonds is 2.